The lowest BCUT2D eigenvalue weighted by Crippen LogP contribution is -2.50. The van der Waals surface area contributed by atoms with Crippen molar-refractivity contribution in [3.8, 4) is 0 Å². The van der Waals surface area contributed by atoms with Crippen LogP contribution in [0.25, 0.3) is 0 Å². The second-order valence-electron chi connectivity index (χ2n) is 5.01. The number of rotatable bonds is 2. The molecule has 1 aliphatic rings. The van der Waals surface area contributed by atoms with E-state index in [1.54, 1.807) is 18.2 Å². The first-order chi connectivity index (χ1) is 10.6. The molecule has 0 aromatic heterocycles. The van der Waals surface area contributed by atoms with Crippen molar-refractivity contribution in [3.63, 3.8) is 0 Å². The van der Waals surface area contributed by atoms with Gasteiger partial charge in [0.2, 0.25) is 0 Å². The molecule has 1 aromatic rings. The first-order valence-electron chi connectivity index (χ1n) is 6.45. The van der Waals surface area contributed by atoms with Crippen LogP contribution in [0.15, 0.2) is 54.1 Å². The van der Waals surface area contributed by atoms with E-state index in [2.05, 4.69) is 5.32 Å². The molecule has 23 heavy (non-hydrogen) atoms. The highest BCUT2D eigenvalue weighted by Crippen LogP contribution is 2.56. The third-order valence-electron chi connectivity index (χ3n) is 3.48. The van der Waals surface area contributed by atoms with Gasteiger partial charge in [-0.15, -0.1) is 0 Å². The minimum atomic E-state index is -5.56. The Morgan fingerprint density at radius 2 is 1.57 bits per heavy atom. The Kier molecular flexibility index (Phi) is 4.28. The summed E-state index contributed by atoms with van der Waals surface area (Å²) in [6.07, 6.45) is -11.0. The molecule has 0 saturated carbocycles. The van der Waals surface area contributed by atoms with Crippen molar-refractivity contribution < 1.29 is 31.1 Å². The van der Waals surface area contributed by atoms with Crippen molar-refractivity contribution in [2.24, 2.45) is 5.41 Å². The summed E-state index contributed by atoms with van der Waals surface area (Å²) >= 11 is 0. The Morgan fingerprint density at radius 3 is 2.09 bits per heavy atom. The maximum Gasteiger partial charge on any atom is 0.406 e. The predicted octanol–water partition coefficient (Wildman–Crippen LogP) is 4.62. The van der Waals surface area contributed by atoms with E-state index in [-0.39, 0.29) is 11.8 Å². The van der Waals surface area contributed by atoms with E-state index in [1.807, 2.05) is 0 Å². The summed E-state index contributed by atoms with van der Waals surface area (Å²) < 4.78 is 78.2. The molecule has 0 radical (unpaired) electrons. The normalized spacial score (nSPS) is 17.6. The number of carbonyl (C=O) groups excluding carboxylic acids is 1. The molecule has 0 heterocycles. The first-order valence-corrected chi connectivity index (χ1v) is 6.45. The highest BCUT2D eigenvalue weighted by Gasteiger charge is 2.69. The van der Waals surface area contributed by atoms with Crippen LogP contribution in [0.2, 0.25) is 0 Å². The van der Waals surface area contributed by atoms with Crippen LogP contribution in [0.5, 0.6) is 0 Å². The van der Waals surface area contributed by atoms with Gasteiger partial charge in [-0.25, -0.2) is 0 Å². The van der Waals surface area contributed by atoms with Gasteiger partial charge >= 0.3 is 12.4 Å². The van der Waals surface area contributed by atoms with Crippen molar-refractivity contribution in [2.75, 3.05) is 5.32 Å². The van der Waals surface area contributed by atoms with E-state index in [1.165, 1.54) is 12.1 Å². The van der Waals surface area contributed by atoms with Gasteiger partial charge < -0.3 is 5.32 Å². The number of amides is 1. The van der Waals surface area contributed by atoms with E-state index in [9.17, 15) is 31.1 Å². The molecule has 0 atom stereocenters. The zero-order valence-electron chi connectivity index (χ0n) is 11.5. The Balaban J connectivity index is 2.28. The van der Waals surface area contributed by atoms with Gasteiger partial charge in [-0.3, -0.25) is 4.79 Å². The Bertz CT molecular complexity index is 628. The molecule has 0 saturated heterocycles. The molecule has 2 rings (SSSR count). The van der Waals surface area contributed by atoms with Crippen LogP contribution in [0.4, 0.5) is 32.0 Å². The van der Waals surface area contributed by atoms with Crippen LogP contribution >= 0.6 is 0 Å². The number of carbonyl (C=O) groups is 1. The van der Waals surface area contributed by atoms with Crippen molar-refractivity contribution in [2.45, 2.75) is 18.8 Å². The van der Waals surface area contributed by atoms with Crippen LogP contribution in [-0.2, 0) is 4.79 Å². The summed E-state index contributed by atoms with van der Waals surface area (Å²) in [6, 6.07) is 7.73. The van der Waals surface area contributed by atoms with Gasteiger partial charge in [0.1, 0.15) is 0 Å². The first kappa shape index (κ1) is 17.1. The van der Waals surface area contributed by atoms with Gasteiger partial charge in [-0.05, 0) is 12.1 Å². The van der Waals surface area contributed by atoms with Crippen LogP contribution in [0.1, 0.15) is 6.42 Å². The van der Waals surface area contributed by atoms with E-state index in [4.69, 9.17) is 0 Å². The standard InChI is InChI=1S/C15H11F6NO/c16-14(17,18)13(15(19,20)21)8-4-5-10(9-13)12(23)22-11-6-2-1-3-7-11/h1-8H,9H2,(H,22,23). The molecule has 0 unspecified atom stereocenters. The fraction of sp³-hybridized carbons (Fsp3) is 0.267. The quantitative estimate of drug-likeness (QED) is 0.785. The van der Waals surface area contributed by atoms with Crippen LogP contribution in [0.3, 0.4) is 0 Å². The summed E-state index contributed by atoms with van der Waals surface area (Å²) in [6.45, 7) is 0. The highest BCUT2D eigenvalue weighted by atomic mass is 19.4. The van der Waals surface area contributed by atoms with Gasteiger partial charge in [-0.1, -0.05) is 36.4 Å². The topological polar surface area (TPSA) is 29.1 Å². The fourth-order valence-corrected chi connectivity index (χ4v) is 2.19. The van der Waals surface area contributed by atoms with E-state index >= 15 is 0 Å². The van der Waals surface area contributed by atoms with Gasteiger partial charge in [0.05, 0.1) is 0 Å². The number of anilines is 1. The molecule has 124 valence electrons. The summed E-state index contributed by atoms with van der Waals surface area (Å²) in [7, 11) is 0. The largest absolute Gasteiger partial charge is 0.406 e. The lowest BCUT2D eigenvalue weighted by atomic mass is 9.76. The van der Waals surface area contributed by atoms with Gasteiger partial charge in [0.15, 0.2) is 5.41 Å². The number of allylic oxidation sites excluding steroid dienone is 3. The number of benzene rings is 1. The van der Waals surface area contributed by atoms with Crippen LogP contribution in [-0.4, -0.2) is 18.3 Å². The second kappa shape index (κ2) is 5.75. The number of nitrogens with one attached hydrogen (secondary N) is 1. The number of hydrogen-bond donors (Lipinski definition) is 1. The average molecular weight is 335 g/mol. The third kappa shape index (κ3) is 3.25. The Labute approximate surface area is 127 Å². The van der Waals surface area contributed by atoms with Gasteiger partial charge in [-0.2, -0.15) is 26.3 Å². The van der Waals surface area contributed by atoms with Crippen LogP contribution in [0, 0.1) is 5.41 Å². The molecule has 0 aliphatic heterocycles. The lowest BCUT2D eigenvalue weighted by Gasteiger charge is -2.36. The average Bonchev–Trinajstić information content (AvgIpc) is 2.46. The van der Waals surface area contributed by atoms with E-state index in [0.29, 0.717) is 6.08 Å². The molecule has 0 bridgehead atoms. The fourth-order valence-electron chi connectivity index (χ4n) is 2.19. The SMILES string of the molecule is O=C(Nc1ccccc1)C1=CC=CC(C(F)(F)F)(C(F)(F)F)C1. The lowest BCUT2D eigenvalue weighted by molar-refractivity contribution is -0.321. The minimum Gasteiger partial charge on any atom is -0.322 e. The predicted molar refractivity (Wildman–Crippen MR) is 71.5 cm³/mol. The summed E-state index contributed by atoms with van der Waals surface area (Å²) in [5, 5.41) is 2.28. The van der Waals surface area contributed by atoms with Crippen molar-refractivity contribution >= 4 is 11.6 Å². The second-order valence-corrected chi connectivity index (χ2v) is 5.01. The molecule has 1 amide bonds. The molecule has 2 nitrogen and oxygen atoms in total. The zero-order valence-corrected chi connectivity index (χ0v) is 11.5. The number of alkyl halides is 6. The van der Waals surface area contributed by atoms with Gasteiger partial charge in [0, 0.05) is 17.7 Å². The summed E-state index contributed by atoms with van der Waals surface area (Å²) in [5.41, 5.74) is -4.37. The molecule has 1 aliphatic carbocycles. The van der Waals surface area contributed by atoms with Crippen molar-refractivity contribution in [3.05, 3.63) is 54.1 Å². The highest BCUT2D eigenvalue weighted by molar-refractivity contribution is 6.04. The zero-order chi connectivity index (χ0) is 17.3. The van der Waals surface area contributed by atoms with E-state index < -0.39 is 35.7 Å². The molecule has 0 spiro atoms. The minimum absolute atomic E-state index is 0.0479. The Hall–Kier alpha value is -2.25. The number of halogens is 6. The van der Waals surface area contributed by atoms with Crippen LogP contribution < -0.4 is 5.32 Å². The molecular formula is C15H11F6NO. The molecule has 1 N–H and O–H groups in total. The molecule has 1 aromatic carbocycles. The summed E-state index contributed by atoms with van der Waals surface area (Å²) in [4.78, 5) is 12.0. The third-order valence-corrected chi connectivity index (χ3v) is 3.48. The number of hydrogen-bond acceptors (Lipinski definition) is 1. The Morgan fingerprint density at radius 1 is 1.00 bits per heavy atom. The number of para-hydroxylation sites is 1. The van der Waals surface area contributed by atoms with Gasteiger partial charge in [0.25, 0.3) is 5.91 Å². The molecule has 0 fully saturated rings. The van der Waals surface area contributed by atoms with Crippen molar-refractivity contribution in [1.29, 1.82) is 0 Å². The van der Waals surface area contributed by atoms with Crippen molar-refractivity contribution in [1.82, 2.24) is 0 Å². The maximum atomic E-state index is 13.0. The molecular weight excluding hydrogens is 324 g/mol. The smallest absolute Gasteiger partial charge is 0.322 e. The van der Waals surface area contributed by atoms with E-state index in [0.717, 1.165) is 6.08 Å². The maximum absolute atomic E-state index is 13.0. The monoisotopic (exact) mass is 335 g/mol. The summed E-state index contributed by atoms with van der Waals surface area (Å²) in [5.74, 6) is -1.00. The molecule has 8 heteroatoms.